The van der Waals surface area contributed by atoms with Gasteiger partial charge in [0.15, 0.2) is 0 Å². The lowest BCUT2D eigenvalue weighted by Gasteiger charge is -2.37. The Morgan fingerprint density at radius 1 is 0.974 bits per heavy atom. The number of carbonyl (C=O) groups is 1. The van der Waals surface area contributed by atoms with Crippen molar-refractivity contribution >= 4 is 22.9 Å². The second-order valence-electron chi connectivity index (χ2n) is 11.5. The van der Waals surface area contributed by atoms with E-state index < -0.39 is 0 Å². The van der Waals surface area contributed by atoms with Crippen LogP contribution in [0.5, 0.6) is 5.75 Å². The number of anilines is 1. The number of rotatable bonds is 3. The van der Waals surface area contributed by atoms with E-state index in [0.717, 1.165) is 77.8 Å². The number of thiazole rings is 1. The molecule has 0 atom stereocenters. The summed E-state index contributed by atoms with van der Waals surface area (Å²) >= 11 is 1.68. The monoisotopic (exact) mass is 535 g/mol. The highest BCUT2D eigenvalue weighted by Gasteiger charge is 2.44. The lowest BCUT2D eigenvalue weighted by atomic mass is 9.74. The molecule has 0 radical (unpaired) electrons. The summed E-state index contributed by atoms with van der Waals surface area (Å²) < 4.78 is 6.21. The first-order chi connectivity index (χ1) is 18.9. The Morgan fingerprint density at radius 2 is 1.74 bits per heavy atom. The lowest BCUT2D eigenvalue weighted by Crippen LogP contribution is -2.42. The van der Waals surface area contributed by atoms with E-state index in [4.69, 9.17) is 4.74 Å². The van der Waals surface area contributed by atoms with Crippen LogP contribution in [0.3, 0.4) is 0 Å². The number of hydrogen-bond donors (Lipinski definition) is 0. The molecule has 1 fully saturated rings. The van der Waals surface area contributed by atoms with Crippen LogP contribution in [0, 0.1) is 13.8 Å². The van der Waals surface area contributed by atoms with Gasteiger partial charge in [0.05, 0.1) is 6.61 Å². The van der Waals surface area contributed by atoms with E-state index in [9.17, 15) is 4.79 Å². The third-order valence-electron chi connectivity index (χ3n) is 8.88. The van der Waals surface area contributed by atoms with Crippen molar-refractivity contribution in [2.45, 2.75) is 38.5 Å². The van der Waals surface area contributed by atoms with Crippen LogP contribution >= 0.6 is 11.3 Å². The first-order valence-corrected chi connectivity index (χ1v) is 14.7. The Bertz CT molecular complexity index is 1580. The van der Waals surface area contributed by atoms with Gasteiger partial charge in [0.25, 0.3) is 5.91 Å². The van der Waals surface area contributed by atoms with Crippen LogP contribution in [0.1, 0.15) is 45.6 Å². The average Bonchev–Trinajstić information content (AvgIpc) is 3.66. The summed E-state index contributed by atoms with van der Waals surface area (Å²) in [4.78, 5) is 22.7. The van der Waals surface area contributed by atoms with Gasteiger partial charge in [-0.1, -0.05) is 24.3 Å². The van der Waals surface area contributed by atoms with E-state index in [1.165, 1.54) is 22.3 Å². The van der Waals surface area contributed by atoms with Crippen molar-refractivity contribution in [1.29, 1.82) is 0 Å². The number of benzene rings is 3. The minimum absolute atomic E-state index is 0.0720. The molecule has 3 aliphatic rings. The summed E-state index contributed by atoms with van der Waals surface area (Å²) in [6.07, 6.45) is 3.08. The molecule has 0 N–H and O–H groups in total. The molecule has 4 heterocycles. The van der Waals surface area contributed by atoms with Crippen molar-refractivity contribution < 1.29 is 9.53 Å². The molecule has 0 aliphatic carbocycles. The lowest BCUT2D eigenvalue weighted by molar-refractivity contribution is 0.0989. The highest BCUT2D eigenvalue weighted by molar-refractivity contribution is 7.13. The molecule has 3 aliphatic heterocycles. The number of aryl methyl sites for hydroxylation is 2. The standard InChI is InChI=1S/C33H33N3O2S/c1-21-16-26(31-34-22(2)19-39-31)8-9-27(21)23-4-6-24(7-5-23)32(37)36-13-10-25-17-30-28(18-29(25)36)33(20-38-30)11-14-35(3)15-12-33/h4-9,16-19H,10-15,20H2,1-3H3. The maximum absolute atomic E-state index is 13.7. The van der Waals surface area contributed by atoms with Gasteiger partial charge in [0.2, 0.25) is 0 Å². The van der Waals surface area contributed by atoms with Crippen molar-refractivity contribution in [2.24, 2.45) is 0 Å². The number of aromatic nitrogens is 1. The molecule has 1 amide bonds. The van der Waals surface area contributed by atoms with Gasteiger partial charge in [-0.25, -0.2) is 4.98 Å². The Morgan fingerprint density at radius 3 is 2.46 bits per heavy atom. The summed E-state index contributed by atoms with van der Waals surface area (Å²) in [6, 6.07) is 19.1. The molecule has 39 heavy (non-hydrogen) atoms. The normalized spacial score (nSPS) is 17.8. The van der Waals surface area contributed by atoms with Crippen molar-refractivity contribution in [3.63, 3.8) is 0 Å². The molecule has 1 spiro atoms. The molecular formula is C33H33N3O2S. The molecule has 0 unspecified atom stereocenters. The number of fused-ring (bicyclic) bond motifs is 3. The van der Waals surface area contributed by atoms with Gasteiger partial charge in [-0.3, -0.25) is 4.79 Å². The second kappa shape index (κ2) is 9.32. The minimum Gasteiger partial charge on any atom is -0.492 e. The molecule has 5 nitrogen and oxygen atoms in total. The number of amides is 1. The van der Waals surface area contributed by atoms with Crippen molar-refractivity contribution in [3.8, 4) is 27.4 Å². The first-order valence-electron chi connectivity index (χ1n) is 13.8. The van der Waals surface area contributed by atoms with Crippen LogP contribution in [0.4, 0.5) is 5.69 Å². The van der Waals surface area contributed by atoms with Crippen LogP contribution in [-0.4, -0.2) is 49.1 Å². The van der Waals surface area contributed by atoms with Crippen LogP contribution < -0.4 is 9.64 Å². The van der Waals surface area contributed by atoms with Crippen molar-refractivity contribution in [1.82, 2.24) is 9.88 Å². The minimum atomic E-state index is 0.0720. The van der Waals surface area contributed by atoms with E-state index in [-0.39, 0.29) is 11.3 Å². The largest absolute Gasteiger partial charge is 0.492 e. The summed E-state index contributed by atoms with van der Waals surface area (Å²) in [7, 11) is 2.19. The Kier molecular flexibility index (Phi) is 5.87. The SMILES string of the molecule is Cc1csc(-c2ccc(-c3ccc(C(=O)N4CCc5cc6c(cc54)C4(CCN(C)CC4)CO6)cc3)c(C)c2)n1. The summed E-state index contributed by atoms with van der Waals surface area (Å²) in [5.41, 5.74) is 10.1. The number of ether oxygens (including phenoxy) is 1. The zero-order valence-corrected chi connectivity index (χ0v) is 23.6. The van der Waals surface area contributed by atoms with E-state index >= 15 is 0 Å². The van der Waals surface area contributed by atoms with Crippen molar-refractivity contribution in [3.05, 3.63) is 87.9 Å². The molecule has 1 saturated heterocycles. The van der Waals surface area contributed by atoms with E-state index in [0.29, 0.717) is 6.54 Å². The average molecular weight is 536 g/mol. The van der Waals surface area contributed by atoms with Gasteiger partial charge in [-0.2, -0.15) is 0 Å². The van der Waals surface area contributed by atoms with Crippen LogP contribution in [0.15, 0.2) is 60.0 Å². The third kappa shape index (κ3) is 4.17. The summed E-state index contributed by atoms with van der Waals surface area (Å²) in [5, 5.41) is 3.13. The molecule has 0 bridgehead atoms. The van der Waals surface area contributed by atoms with Gasteiger partial charge >= 0.3 is 0 Å². The molecular weight excluding hydrogens is 502 g/mol. The Balaban J connectivity index is 1.13. The molecule has 198 valence electrons. The van der Waals surface area contributed by atoms with Gasteiger partial charge in [0.1, 0.15) is 10.8 Å². The topological polar surface area (TPSA) is 45.7 Å². The van der Waals surface area contributed by atoms with Crippen molar-refractivity contribution in [2.75, 3.05) is 38.2 Å². The molecule has 3 aromatic carbocycles. The second-order valence-corrected chi connectivity index (χ2v) is 12.3. The smallest absolute Gasteiger partial charge is 0.258 e. The Labute approximate surface area is 234 Å². The third-order valence-corrected chi connectivity index (χ3v) is 9.89. The predicted molar refractivity (Wildman–Crippen MR) is 158 cm³/mol. The number of nitrogens with zero attached hydrogens (tertiary/aromatic N) is 3. The molecule has 1 aromatic heterocycles. The summed E-state index contributed by atoms with van der Waals surface area (Å²) in [5.74, 6) is 1.10. The number of hydrogen-bond acceptors (Lipinski definition) is 5. The van der Waals surface area contributed by atoms with E-state index in [1.807, 2.05) is 24.0 Å². The maximum Gasteiger partial charge on any atom is 0.258 e. The van der Waals surface area contributed by atoms with Gasteiger partial charge in [0, 0.05) is 45.4 Å². The van der Waals surface area contributed by atoms with Crippen LogP contribution in [0.2, 0.25) is 0 Å². The zero-order chi connectivity index (χ0) is 26.7. The highest BCUT2D eigenvalue weighted by Crippen LogP contribution is 2.49. The predicted octanol–water partition coefficient (Wildman–Crippen LogP) is 6.65. The quantitative estimate of drug-likeness (QED) is 0.295. The molecule has 7 rings (SSSR count). The highest BCUT2D eigenvalue weighted by atomic mass is 32.1. The van der Waals surface area contributed by atoms with Crippen LogP contribution in [-0.2, 0) is 11.8 Å². The van der Waals surface area contributed by atoms with Gasteiger partial charge in [-0.15, -0.1) is 11.3 Å². The fraction of sp³-hybridized carbons (Fsp3) is 0.333. The molecule has 4 aromatic rings. The number of carbonyl (C=O) groups excluding carboxylic acids is 1. The van der Waals surface area contributed by atoms with Gasteiger partial charge in [-0.05, 0) is 106 Å². The van der Waals surface area contributed by atoms with Gasteiger partial charge < -0.3 is 14.5 Å². The first kappa shape index (κ1) is 24.6. The molecule has 6 heteroatoms. The van der Waals surface area contributed by atoms with Crippen LogP contribution in [0.25, 0.3) is 21.7 Å². The number of piperidine rings is 1. The molecule has 0 saturated carbocycles. The fourth-order valence-electron chi connectivity index (χ4n) is 6.47. The number of likely N-dealkylation sites (tertiary alicyclic amines) is 1. The summed E-state index contributed by atoms with van der Waals surface area (Å²) in [6.45, 7) is 7.81. The maximum atomic E-state index is 13.7. The fourth-order valence-corrected chi connectivity index (χ4v) is 7.26. The Hall–Kier alpha value is -3.48. The van der Waals surface area contributed by atoms with E-state index in [2.05, 4.69) is 71.7 Å². The zero-order valence-electron chi connectivity index (χ0n) is 22.8. The van der Waals surface area contributed by atoms with E-state index in [1.54, 1.807) is 11.3 Å².